The molecule has 2 saturated heterocycles. The first-order valence-electron chi connectivity index (χ1n) is 17.2. The fraction of sp³-hybridized carbons (Fsp3) is 0.341. The lowest BCUT2D eigenvalue weighted by Crippen LogP contribution is -2.34. The van der Waals surface area contributed by atoms with Gasteiger partial charge in [-0.05, 0) is 92.0 Å². The Labute approximate surface area is 287 Å². The maximum atomic E-state index is 13.2. The molecule has 2 aliphatic rings. The molecule has 248 valence electrons. The van der Waals surface area contributed by atoms with E-state index in [4.69, 9.17) is 9.47 Å². The second-order valence-electron chi connectivity index (χ2n) is 13.0. The summed E-state index contributed by atoms with van der Waals surface area (Å²) in [5.74, 6) is 1.31. The summed E-state index contributed by atoms with van der Waals surface area (Å²) in [4.78, 5) is 18.0. The Balaban J connectivity index is 1.41. The number of fused-ring (bicyclic) bond motifs is 1. The number of carbonyl (C=O) groups is 1. The molecule has 0 saturated carbocycles. The molecule has 1 unspecified atom stereocenters. The largest absolute Gasteiger partial charge is 0.496 e. The highest BCUT2D eigenvalue weighted by atomic mass is 32.1. The molecule has 4 aromatic carbocycles. The summed E-state index contributed by atoms with van der Waals surface area (Å²) in [5.41, 5.74) is 7.87. The maximum absolute atomic E-state index is 13.2. The number of likely N-dealkylation sites (tertiary alicyclic amines) is 2. The summed E-state index contributed by atoms with van der Waals surface area (Å²) >= 11 is 1.69. The van der Waals surface area contributed by atoms with Gasteiger partial charge < -0.3 is 14.6 Å². The minimum atomic E-state index is 0.139. The molecular weight excluding hydrogens is 617 g/mol. The van der Waals surface area contributed by atoms with Crippen LogP contribution in [0.1, 0.15) is 65.7 Å². The summed E-state index contributed by atoms with van der Waals surface area (Å²) < 4.78 is 13.9. The molecule has 7 rings (SSSR count). The average Bonchev–Trinajstić information content (AvgIpc) is 3.92. The van der Waals surface area contributed by atoms with Gasteiger partial charge in [-0.1, -0.05) is 66.7 Å². The van der Waals surface area contributed by atoms with Crippen LogP contribution in [0.3, 0.4) is 0 Å². The number of hydrogen-bond donors (Lipinski definition) is 1. The summed E-state index contributed by atoms with van der Waals surface area (Å²) in [6.45, 7) is 6.59. The average molecular weight is 661 g/mol. The minimum absolute atomic E-state index is 0.139. The van der Waals surface area contributed by atoms with Crippen LogP contribution in [0.2, 0.25) is 0 Å². The lowest BCUT2D eigenvalue weighted by atomic mass is 9.88. The SMILES string of the molecule is COc1c(CN2CCCC2)cc(OCc2ccccc2)c(C=O)c1-c1csc2cccc(-c3ccccc3C(C)N3CCC[C@H]3CO)c12. The van der Waals surface area contributed by atoms with Crippen molar-refractivity contribution >= 4 is 27.7 Å². The Morgan fingerprint density at radius 3 is 2.48 bits per heavy atom. The van der Waals surface area contributed by atoms with Gasteiger partial charge in [0.2, 0.25) is 0 Å². The van der Waals surface area contributed by atoms with Gasteiger partial charge in [0.25, 0.3) is 0 Å². The quantitative estimate of drug-likeness (QED) is 0.135. The van der Waals surface area contributed by atoms with Crippen LogP contribution in [-0.4, -0.2) is 60.6 Å². The molecule has 0 radical (unpaired) electrons. The molecule has 1 N–H and O–H groups in total. The molecule has 7 heteroatoms. The Morgan fingerprint density at radius 2 is 1.71 bits per heavy atom. The van der Waals surface area contributed by atoms with Crippen LogP contribution in [0.15, 0.2) is 84.2 Å². The number of hydrogen-bond acceptors (Lipinski definition) is 7. The number of thiophene rings is 1. The number of carbonyl (C=O) groups excluding carboxylic acids is 1. The van der Waals surface area contributed by atoms with Crippen molar-refractivity contribution in [2.75, 3.05) is 33.4 Å². The highest BCUT2D eigenvalue weighted by Gasteiger charge is 2.31. The van der Waals surface area contributed by atoms with Crippen LogP contribution in [-0.2, 0) is 13.2 Å². The van der Waals surface area contributed by atoms with Crippen molar-refractivity contribution in [1.82, 2.24) is 9.80 Å². The topological polar surface area (TPSA) is 62.2 Å². The summed E-state index contributed by atoms with van der Waals surface area (Å²) in [6, 6.07) is 27.6. The van der Waals surface area contributed by atoms with Gasteiger partial charge in [-0.15, -0.1) is 11.3 Å². The predicted octanol–water partition coefficient (Wildman–Crippen LogP) is 8.75. The van der Waals surface area contributed by atoms with Crippen molar-refractivity contribution in [1.29, 1.82) is 0 Å². The molecule has 1 aromatic heterocycles. The number of aliphatic hydroxyl groups excluding tert-OH is 1. The molecule has 2 fully saturated rings. The van der Waals surface area contributed by atoms with Crippen molar-refractivity contribution < 1.29 is 19.4 Å². The van der Waals surface area contributed by atoms with Crippen molar-refractivity contribution in [2.45, 2.75) is 57.8 Å². The molecule has 0 bridgehead atoms. The third-order valence-electron chi connectivity index (χ3n) is 10.2. The maximum Gasteiger partial charge on any atom is 0.154 e. The van der Waals surface area contributed by atoms with Crippen molar-refractivity contribution in [3.8, 4) is 33.8 Å². The number of nitrogens with zero attached hydrogens (tertiary/aromatic N) is 2. The van der Waals surface area contributed by atoms with Gasteiger partial charge in [0.1, 0.15) is 18.1 Å². The van der Waals surface area contributed by atoms with Gasteiger partial charge >= 0.3 is 0 Å². The Hall–Kier alpha value is -4.01. The van der Waals surface area contributed by atoms with Crippen molar-refractivity contribution in [2.24, 2.45) is 0 Å². The molecule has 0 amide bonds. The molecule has 0 aliphatic carbocycles. The molecule has 2 atom stereocenters. The van der Waals surface area contributed by atoms with Gasteiger partial charge in [-0.2, -0.15) is 0 Å². The third kappa shape index (κ3) is 6.28. The lowest BCUT2D eigenvalue weighted by molar-refractivity contribution is 0.111. The molecule has 48 heavy (non-hydrogen) atoms. The molecule has 2 aliphatic heterocycles. The summed E-state index contributed by atoms with van der Waals surface area (Å²) in [7, 11) is 1.71. The van der Waals surface area contributed by atoms with Gasteiger partial charge in [0, 0.05) is 45.4 Å². The van der Waals surface area contributed by atoms with E-state index in [1.807, 2.05) is 36.4 Å². The molecule has 6 nitrogen and oxygen atoms in total. The zero-order valence-electron chi connectivity index (χ0n) is 27.9. The Kier molecular flexibility index (Phi) is 9.91. The number of aldehydes is 1. The van der Waals surface area contributed by atoms with E-state index in [1.165, 1.54) is 24.0 Å². The number of methoxy groups -OCH3 is 1. The van der Waals surface area contributed by atoms with Crippen LogP contribution in [0.4, 0.5) is 0 Å². The van der Waals surface area contributed by atoms with E-state index in [0.29, 0.717) is 17.9 Å². The Morgan fingerprint density at radius 1 is 0.938 bits per heavy atom. The number of benzene rings is 4. The van der Waals surface area contributed by atoms with Gasteiger partial charge in [-0.25, -0.2) is 0 Å². The van der Waals surface area contributed by atoms with E-state index in [2.05, 4.69) is 64.6 Å². The first kappa shape index (κ1) is 32.5. The van der Waals surface area contributed by atoms with Crippen LogP contribution < -0.4 is 9.47 Å². The van der Waals surface area contributed by atoms with Crippen LogP contribution in [0.25, 0.3) is 32.3 Å². The fourth-order valence-electron chi connectivity index (χ4n) is 7.83. The Bertz CT molecular complexity index is 1880. The van der Waals surface area contributed by atoms with Gasteiger partial charge in [0.05, 0.1) is 19.3 Å². The monoisotopic (exact) mass is 660 g/mol. The summed E-state index contributed by atoms with van der Waals surface area (Å²) in [5, 5.41) is 13.4. The smallest absolute Gasteiger partial charge is 0.154 e. The summed E-state index contributed by atoms with van der Waals surface area (Å²) in [6.07, 6.45) is 5.42. The fourth-order valence-corrected chi connectivity index (χ4v) is 8.80. The zero-order valence-corrected chi connectivity index (χ0v) is 28.7. The van der Waals surface area contributed by atoms with E-state index in [9.17, 15) is 9.90 Å². The highest BCUT2D eigenvalue weighted by molar-refractivity contribution is 7.17. The zero-order chi connectivity index (χ0) is 33.0. The standard InChI is InChI=1S/C41H44N2O4S/c1-28(43-21-11-14-31(43)24-44)32-15-6-7-16-33(32)34-17-10-18-38-39(34)36(27-48-38)40-35(25-45)37(47-26-29-12-4-3-5-13-29)22-30(41(40)46-2)23-42-19-8-9-20-42/h3-7,10,12-13,15-18,22,25,27-28,31,44H,8-9,11,14,19-21,23-24,26H2,1-2H3/t28?,31-/m0/s1. The van der Waals surface area contributed by atoms with E-state index >= 15 is 0 Å². The number of aliphatic hydroxyl groups is 1. The van der Waals surface area contributed by atoms with Crippen molar-refractivity contribution in [3.63, 3.8) is 0 Å². The lowest BCUT2D eigenvalue weighted by Gasteiger charge is -2.31. The molecule has 3 heterocycles. The highest BCUT2D eigenvalue weighted by Crippen LogP contribution is 2.49. The van der Waals surface area contributed by atoms with Gasteiger partial charge in [-0.3, -0.25) is 14.6 Å². The van der Waals surface area contributed by atoms with Crippen molar-refractivity contribution in [3.05, 3.63) is 106 Å². The van der Waals surface area contributed by atoms with Crippen LogP contribution in [0, 0.1) is 0 Å². The van der Waals surface area contributed by atoms with E-state index in [0.717, 1.165) is 89.0 Å². The minimum Gasteiger partial charge on any atom is -0.496 e. The molecular formula is C41H44N2O4S. The third-order valence-corrected chi connectivity index (χ3v) is 11.2. The second kappa shape index (κ2) is 14.6. The van der Waals surface area contributed by atoms with Crippen LogP contribution in [0.5, 0.6) is 11.5 Å². The first-order valence-corrected chi connectivity index (χ1v) is 18.0. The number of ether oxygens (including phenoxy) is 2. The van der Waals surface area contributed by atoms with E-state index < -0.39 is 0 Å². The number of rotatable bonds is 12. The normalized spacial score (nSPS) is 17.6. The molecule has 0 spiro atoms. The van der Waals surface area contributed by atoms with E-state index in [1.54, 1.807) is 18.4 Å². The second-order valence-corrected chi connectivity index (χ2v) is 14.0. The van der Waals surface area contributed by atoms with Crippen LogP contribution >= 0.6 is 11.3 Å². The molecule has 5 aromatic rings. The van der Waals surface area contributed by atoms with E-state index in [-0.39, 0.29) is 18.7 Å². The van der Waals surface area contributed by atoms with Gasteiger partial charge in [0.15, 0.2) is 6.29 Å². The predicted molar refractivity (Wildman–Crippen MR) is 195 cm³/mol. The first-order chi connectivity index (χ1) is 23.6.